The lowest BCUT2D eigenvalue weighted by molar-refractivity contribution is -0.118. The molecule has 0 aliphatic carbocycles. The van der Waals surface area contributed by atoms with Crippen molar-refractivity contribution in [1.82, 2.24) is 14.7 Å². The number of carbonyl (C=O) groups is 2. The lowest BCUT2D eigenvalue weighted by atomic mass is 10.2. The Kier molecular flexibility index (Phi) is 5.12. The highest BCUT2D eigenvalue weighted by atomic mass is 16.6. The monoisotopic (exact) mass is 323 g/mol. The fourth-order valence-electron chi connectivity index (χ4n) is 2.55. The van der Waals surface area contributed by atoms with Crippen LogP contribution in [0.3, 0.4) is 0 Å². The molecule has 1 unspecified atom stereocenters. The molecule has 0 radical (unpaired) electrons. The summed E-state index contributed by atoms with van der Waals surface area (Å²) in [6.45, 7) is 6.96. The number of hydrogen-bond acceptors (Lipinski definition) is 5. The van der Waals surface area contributed by atoms with E-state index in [0.29, 0.717) is 13.1 Å². The summed E-state index contributed by atoms with van der Waals surface area (Å²) in [7, 11) is 0. The highest BCUT2D eigenvalue weighted by Crippen LogP contribution is 2.21. The van der Waals surface area contributed by atoms with Crippen molar-refractivity contribution in [3.8, 4) is 0 Å². The number of ether oxygens (including phenoxy) is 1. The standard InChI is InChI=1S/C15H25N5O3/c1-15(2,3)23-14(22)20-6-4-5-12(20)8-17-11-7-18-19(9-11)10-13(16)21/h7,9,12,17H,4-6,8,10H2,1-3H3,(H2,16,21). The van der Waals surface area contributed by atoms with Crippen LogP contribution in [-0.4, -0.2) is 51.4 Å². The van der Waals surface area contributed by atoms with Crippen LogP contribution < -0.4 is 11.1 Å². The molecule has 1 aromatic heterocycles. The molecule has 23 heavy (non-hydrogen) atoms. The van der Waals surface area contributed by atoms with Crippen LogP contribution in [0.4, 0.5) is 10.5 Å². The summed E-state index contributed by atoms with van der Waals surface area (Å²) in [6.07, 6.45) is 4.98. The van der Waals surface area contributed by atoms with E-state index >= 15 is 0 Å². The molecule has 0 spiro atoms. The second kappa shape index (κ2) is 6.89. The molecule has 1 aromatic rings. The first-order chi connectivity index (χ1) is 10.7. The van der Waals surface area contributed by atoms with Crippen molar-refractivity contribution >= 4 is 17.7 Å². The average molecular weight is 323 g/mol. The Morgan fingerprint density at radius 2 is 2.22 bits per heavy atom. The molecular formula is C15H25N5O3. The summed E-state index contributed by atoms with van der Waals surface area (Å²) in [4.78, 5) is 24.8. The maximum atomic E-state index is 12.2. The lowest BCUT2D eigenvalue weighted by Crippen LogP contribution is -2.42. The van der Waals surface area contributed by atoms with E-state index in [9.17, 15) is 9.59 Å². The minimum absolute atomic E-state index is 0.0507. The van der Waals surface area contributed by atoms with Crippen molar-refractivity contribution in [1.29, 1.82) is 0 Å². The largest absolute Gasteiger partial charge is 0.444 e. The first kappa shape index (κ1) is 17.1. The zero-order chi connectivity index (χ0) is 17.0. The van der Waals surface area contributed by atoms with Gasteiger partial charge in [-0.05, 0) is 33.6 Å². The maximum Gasteiger partial charge on any atom is 0.410 e. The summed E-state index contributed by atoms with van der Waals surface area (Å²) in [5.74, 6) is -0.438. The molecule has 1 fully saturated rings. The molecule has 1 aliphatic rings. The van der Waals surface area contributed by atoms with Gasteiger partial charge in [-0.1, -0.05) is 0 Å². The number of rotatable bonds is 5. The van der Waals surface area contributed by atoms with Gasteiger partial charge in [0, 0.05) is 19.3 Å². The maximum absolute atomic E-state index is 12.2. The van der Waals surface area contributed by atoms with Gasteiger partial charge in [0.25, 0.3) is 0 Å². The smallest absolute Gasteiger partial charge is 0.410 e. The summed E-state index contributed by atoms with van der Waals surface area (Å²) in [6, 6.07) is 0.0874. The third-order valence-electron chi connectivity index (χ3n) is 3.50. The molecule has 1 saturated heterocycles. The summed E-state index contributed by atoms with van der Waals surface area (Å²) in [5, 5.41) is 7.30. The molecule has 1 aliphatic heterocycles. The Morgan fingerprint density at radius 3 is 2.87 bits per heavy atom. The normalized spacial score (nSPS) is 18.0. The first-order valence-corrected chi connectivity index (χ1v) is 7.79. The number of carbonyl (C=O) groups excluding carboxylic acids is 2. The third-order valence-corrected chi connectivity index (χ3v) is 3.50. The number of nitrogens with one attached hydrogen (secondary N) is 1. The van der Waals surface area contributed by atoms with Crippen molar-refractivity contribution in [2.24, 2.45) is 5.73 Å². The van der Waals surface area contributed by atoms with Crippen molar-refractivity contribution in [2.45, 2.75) is 51.8 Å². The molecule has 3 N–H and O–H groups in total. The van der Waals surface area contributed by atoms with E-state index in [1.807, 2.05) is 20.8 Å². The summed E-state index contributed by atoms with van der Waals surface area (Å²) in [5.41, 5.74) is 5.43. The first-order valence-electron chi connectivity index (χ1n) is 7.79. The molecule has 2 heterocycles. The number of likely N-dealkylation sites (tertiary alicyclic amines) is 1. The predicted octanol–water partition coefficient (Wildman–Crippen LogP) is 1.18. The van der Waals surface area contributed by atoms with E-state index in [-0.39, 0.29) is 18.7 Å². The van der Waals surface area contributed by atoms with Crippen LogP contribution in [0.5, 0.6) is 0 Å². The molecule has 0 saturated carbocycles. The fraction of sp³-hybridized carbons (Fsp3) is 0.667. The minimum Gasteiger partial charge on any atom is -0.444 e. The van der Waals surface area contributed by atoms with Gasteiger partial charge in [0.15, 0.2) is 0 Å². The predicted molar refractivity (Wildman–Crippen MR) is 85.9 cm³/mol. The quantitative estimate of drug-likeness (QED) is 0.847. The Hall–Kier alpha value is -2.25. The van der Waals surface area contributed by atoms with E-state index in [4.69, 9.17) is 10.5 Å². The zero-order valence-electron chi connectivity index (χ0n) is 13.9. The van der Waals surface area contributed by atoms with Crippen LogP contribution in [0, 0.1) is 0 Å². The molecule has 0 aromatic carbocycles. The molecule has 8 nitrogen and oxygen atoms in total. The number of nitrogens with two attached hydrogens (primary N) is 1. The van der Waals surface area contributed by atoms with E-state index < -0.39 is 11.5 Å². The van der Waals surface area contributed by atoms with Gasteiger partial charge in [0.2, 0.25) is 5.91 Å². The van der Waals surface area contributed by atoms with Crippen LogP contribution in [0.1, 0.15) is 33.6 Å². The van der Waals surface area contributed by atoms with Crippen molar-refractivity contribution in [3.05, 3.63) is 12.4 Å². The van der Waals surface area contributed by atoms with Crippen molar-refractivity contribution in [3.63, 3.8) is 0 Å². The summed E-state index contributed by atoms with van der Waals surface area (Å²) >= 11 is 0. The Bertz CT molecular complexity index is 564. The van der Waals surface area contributed by atoms with Gasteiger partial charge in [0.1, 0.15) is 12.1 Å². The van der Waals surface area contributed by atoms with E-state index in [1.165, 1.54) is 4.68 Å². The molecular weight excluding hydrogens is 298 g/mol. The zero-order valence-corrected chi connectivity index (χ0v) is 13.9. The van der Waals surface area contributed by atoms with Crippen molar-refractivity contribution < 1.29 is 14.3 Å². The molecule has 8 heteroatoms. The molecule has 2 rings (SSSR count). The Balaban J connectivity index is 1.88. The second-order valence-corrected chi connectivity index (χ2v) is 6.74. The van der Waals surface area contributed by atoms with Crippen LogP contribution >= 0.6 is 0 Å². The number of anilines is 1. The minimum atomic E-state index is -0.493. The molecule has 128 valence electrons. The van der Waals surface area contributed by atoms with Gasteiger partial charge in [-0.15, -0.1) is 0 Å². The number of nitrogens with zero attached hydrogens (tertiary/aromatic N) is 3. The summed E-state index contributed by atoms with van der Waals surface area (Å²) < 4.78 is 6.92. The highest BCUT2D eigenvalue weighted by Gasteiger charge is 2.31. The SMILES string of the molecule is CC(C)(C)OC(=O)N1CCCC1CNc1cnn(CC(N)=O)c1. The van der Waals surface area contributed by atoms with Crippen molar-refractivity contribution in [2.75, 3.05) is 18.4 Å². The van der Waals surface area contributed by atoms with Crippen LogP contribution in [-0.2, 0) is 16.1 Å². The van der Waals surface area contributed by atoms with Gasteiger partial charge in [-0.2, -0.15) is 5.10 Å². The molecule has 0 bridgehead atoms. The average Bonchev–Trinajstić information content (AvgIpc) is 3.02. The number of aromatic nitrogens is 2. The number of hydrogen-bond donors (Lipinski definition) is 2. The lowest BCUT2D eigenvalue weighted by Gasteiger charge is -2.28. The highest BCUT2D eigenvalue weighted by molar-refractivity contribution is 5.73. The van der Waals surface area contributed by atoms with E-state index in [0.717, 1.165) is 18.5 Å². The third kappa shape index (κ3) is 5.15. The second-order valence-electron chi connectivity index (χ2n) is 6.74. The molecule has 2 amide bonds. The van der Waals surface area contributed by atoms with Gasteiger partial charge in [-0.25, -0.2) is 4.79 Å². The van der Waals surface area contributed by atoms with E-state index in [2.05, 4.69) is 10.4 Å². The number of primary amides is 1. The van der Waals surface area contributed by atoms with Crippen LogP contribution in [0.2, 0.25) is 0 Å². The Labute approximate surface area is 135 Å². The fourth-order valence-corrected chi connectivity index (χ4v) is 2.55. The van der Waals surface area contributed by atoms with Crippen LogP contribution in [0.25, 0.3) is 0 Å². The van der Waals surface area contributed by atoms with E-state index in [1.54, 1.807) is 17.3 Å². The topological polar surface area (TPSA) is 102 Å². The van der Waals surface area contributed by atoms with Crippen LogP contribution in [0.15, 0.2) is 12.4 Å². The van der Waals surface area contributed by atoms with Gasteiger partial charge < -0.3 is 20.7 Å². The Morgan fingerprint density at radius 1 is 1.48 bits per heavy atom. The van der Waals surface area contributed by atoms with Gasteiger partial charge >= 0.3 is 6.09 Å². The number of amides is 2. The molecule has 1 atom stereocenters. The van der Waals surface area contributed by atoms with Gasteiger partial charge in [-0.3, -0.25) is 9.48 Å². The van der Waals surface area contributed by atoms with Gasteiger partial charge in [0.05, 0.1) is 17.9 Å².